The number of hydrogen-bond donors (Lipinski definition) is 2. The van der Waals surface area contributed by atoms with Crippen molar-refractivity contribution in [2.24, 2.45) is 0 Å². The average Bonchev–Trinajstić information content (AvgIpc) is 2.47. The zero-order chi connectivity index (χ0) is 14.8. The second-order valence-electron chi connectivity index (χ2n) is 4.18. The van der Waals surface area contributed by atoms with Crippen LogP contribution in [0.5, 0.6) is 0 Å². The Morgan fingerprint density at radius 1 is 1.30 bits per heavy atom. The van der Waals surface area contributed by atoms with Crippen LogP contribution in [0.2, 0.25) is 0 Å². The first-order valence-corrected chi connectivity index (χ1v) is 6.40. The van der Waals surface area contributed by atoms with E-state index >= 15 is 0 Å². The average molecular weight is 280 g/mol. The van der Waals surface area contributed by atoms with E-state index in [9.17, 15) is 9.59 Å². The van der Waals surface area contributed by atoms with Crippen LogP contribution in [0.25, 0.3) is 0 Å². The summed E-state index contributed by atoms with van der Waals surface area (Å²) in [4.78, 5) is 25.0. The molecule has 20 heavy (non-hydrogen) atoms. The number of nitrogens with zero attached hydrogens (tertiary/aromatic N) is 1. The summed E-state index contributed by atoms with van der Waals surface area (Å²) in [5, 5.41) is 11.5. The molecule has 0 aliphatic rings. The minimum Gasteiger partial charge on any atom is -0.395 e. The van der Waals surface area contributed by atoms with Gasteiger partial charge in [-0.1, -0.05) is 30.3 Å². The molecular weight excluding hydrogens is 260 g/mol. The van der Waals surface area contributed by atoms with Gasteiger partial charge in [-0.25, -0.2) is 0 Å². The molecule has 2 N–H and O–H groups in total. The van der Waals surface area contributed by atoms with Crippen LogP contribution >= 0.6 is 0 Å². The molecule has 1 rings (SSSR count). The Morgan fingerprint density at radius 3 is 2.60 bits per heavy atom. The first-order chi connectivity index (χ1) is 9.69. The Labute approximate surface area is 118 Å². The van der Waals surface area contributed by atoms with Gasteiger partial charge in [0.2, 0.25) is 0 Å². The largest absolute Gasteiger partial charge is 0.395 e. The Kier molecular flexibility index (Phi) is 7.31. The fourth-order valence-electron chi connectivity index (χ4n) is 1.66. The van der Waals surface area contributed by atoms with Crippen molar-refractivity contribution in [1.82, 2.24) is 10.2 Å². The fourth-order valence-corrected chi connectivity index (χ4v) is 1.66. The molecule has 0 heterocycles. The molecule has 0 saturated carbocycles. The van der Waals surface area contributed by atoms with Crippen molar-refractivity contribution in [3.05, 3.63) is 35.9 Å². The van der Waals surface area contributed by atoms with Crippen LogP contribution in [0.3, 0.4) is 0 Å². The zero-order valence-electron chi connectivity index (χ0n) is 11.5. The van der Waals surface area contributed by atoms with E-state index in [2.05, 4.69) is 5.32 Å². The predicted octanol–water partition coefficient (Wildman–Crippen LogP) is -0.230. The number of ether oxygens (including phenoxy) is 1. The molecule has 0 radical (unpaired) electrons. The third kappa shape index (κ3) is 5.38. The number of benzene rings is 1. The van der Waals surface area contributed by atoms with Crippen molar-refractivity contribution in [3.63, 3.8) is 0 Å². The third-order valence-corrected chi connectivity index (χ3v) is 2.66. The molecule has 0 saturated heterocycles. The van der Waals surface area contributed by atoms with Crippen molar-refractivity contribution in [2.75, 3.05) is 33.4 Å². The first kappa shape index (κ1) is 16.1. The number of aliphatic hydroxyl groups is 1. The maximum atomic E-state index is 12.0. The van der Waals surface area contributed by atoms with E-state index in [1.807, 2.05) is 30.3 Å². The second kappa shape index (κ2) is 9.06. The summed E-state index contributed by atoms with van der Waals surface area (Å²) in [6, 6.07) is 9.31. The van der Waals surface area contributed by atoms with Gasteiger partial charge in [0.15, 0.2) is 0 Å². The molecule has 0 aliphatic heterocycles. The Hall–Kier alpha value is -1.92. The molecule has 0 spiro atoms. The maximum Gasteiger partial charge on any atom is 0.312 e. The van der Waals surface area contributed by atoms with E-state index in [0.717, 1.165) is 5.56 Å². The molecule has 0 bridgehead atoms. The van der Waals surface area contributed by atoms with Crippen LogP contribution in [-0.4, -0.2) is 55.2 Å². The predicted molar refractivity (Wildman–Crippen MR) is 73.8 cm³/mol. The van der Waals surface area contributed by atoms with Crippen molar-refractivity contribution < 1.29 is 19.4 Å². The van der Waals surface area contributed by atoms with Crippen LogP contribution in [-0.2, 0) is 20.9 Å². The topological polar surface area (TPSA) is 78.9 Å². The number of amides is 2. The molecule has 6 heteroatoms. The summed E-state index contributed by atoms with van der Waals surface area (Å²) in [6.45, 7) is 0.838. The summed E-state index contributed by atoms with van der Waals surface area (Å²) in [5.74, 6) is -1.34. The molecule has 0 unspecified atom stereocenters. The van der Waals surface area contributed by atoms with E-state index in [1.54, 1.807) is 0 Å². The Bertz CT molecular complexity index is 422. The lowest BCUT2D eigenvalue weighted by atomic mass is 10.2. The highest BCUT2D eigenvalue weighted by atomic mass is 16.5. The van der Waals surface area contributed by atoms with E-state index in [0.29, 0.717) is 6.61 Å². The van der Waals surface area contributed by atoms with Gasteiger partial charge in [-0.15, -0.1) is 0 Å². The van der Waals surface area contributed by atoms with Gasteiger partial charge < -0.3 is 20.1 Å². The van der Waals surface area contributed by atoms with E-state index in [4.69, 9.17) is 9.84 Å². The summed E-state index contributed by atoms with van der Waals surface area (Å²) in [6.07, 6.45) is 0. The molecule has 2 amide bonds. The van der Waals surface area contributed by atoms with Crippen molar-refractivity contribution in [2.45, 2.75) is 6.54 Å². The van der Waals surface area contributed by atoms with Gasteiger partial charge in [-0.3, -0.25) is 9.59 Å². The summed E-state index contributed by atoms with van der Waals surface area (Å²) >= 11 is 0. The molecule has 110 valence electrons. The van der Waals surface area contributed by atoms with E-state index in [1.165, 1.54) is 12.0 Å². The molecule has 1 aromatic rings. The van der Waals surface area contributed by atoms with Gasteiger partial charge >= 0.3 is 11.8 Å². The smallest absolute Gasteiger partial charge is 0.312 e. The number of hydrogen-bond acceptors (Lipinski definition) is 4. The minimum absolute atomic E-state index is 0.116. The minimum atomic E-state index is -0.688. The van der Waals surface area contributed by atoms with Crippen LogP contribution in [0, 0.1) is 0 Å². The second-order valence-corrected chi connectivity index (χ2v) is 4.18. The number of methoxy groups -OCH3 is 1. The van der Waals surface area contributed by atoms with Crippen LogP contribution < -0.4 is 5.32 Å². The van der Waals surface area contributed by atoms with Gasteiger partial charge in [-0.05, 0) is 5.56 Å². The summed E-state index contributed by atoms with van der Waals surface area (Å²) < 4.78 is 4.80. The number of rotatable bonds is 7. The molecular formula is C14H20N2O4. The highest BCUT2D eigenvalue weighted by molar-refractivity contribution is 6.34. The van der Waals surface area contributed by atoms with Crippen LogP contribution in [0.1, 0.15) is 5.56 Å². The van der Waals surface area contributed by atoms with Gasteiger partial charge in [0.1, 0.15) is 0 Å². The maximum absolute atomic E-state index is 12.0. The Morgan fingerprint density at radius 2 is 2.00 bits per heavy atom. The Balaban J connectivity index is 2.60. The highest BCUT2D eigenvalue weighted by Crippen LogP contribution is 2.04. The molecule has 0 atom stereocenters. The fraction of sp³-hybridized carbons (Fsp3) is 0.429. The van der Waals surface area contributed by atoms with E-state index in [-0.39, 0.29) is 26.2 Å². The lowest BCUT2D eigenvalue weighted by molar-refractivity contribution is -0.146. The van der Waals surface area contributed by atoms with Crippen LogP contribution in [0.4, 0.5) is 0 Å². The van der Waals surface area contributed by atoms with Gasteiger partial charge in [0.05, 0.1) is 13.2 Å². The molecule has 0 aliphatic carbocycles. The number of aliphatic hydroxyl groups excluding tert-OH is 1. The number of carbonyl (C=O) groups excluding carboxylic acids is 2. The van der Waals surface area contributed by atoms with Crippen LogP contribution in [0.15, 0.2) is 30.3 Å². The quantitative estimate of drug-likeness (QED) is 0.534. The summed E-state index contributed by atoms with van der Waals surface area (Å²) in [7, 11) is 1.52. The van der Waals surface area contributed by atoms with Gasteiger partial charge in [0.25, 0.3) is 0 Å². The number of nitrogens with one attached hydrogen (secondary N) is 1. The SMILES string of the molecule is COCCNC(=O)C(=O)N(CCO)Cc1ccccc1. The van der Waals surface area contributed by atoms with Gasteiger partial charge in [-0.2, -0.15) is 0 Å². The van der Waals surface area contributed by atoms with Crippen molar-refractivity contribution in [1.29, 1.82) is 0 Å². The monoisotopic (exact) mass is 280 g/mol. The molecule has 6 nitrogen and oxygen atoms in total. The standard InChI is InChI=1S/C14H20N2O4/c1-20-10-7-15-13(18)14(19)16(8-9-17)11-12-5-3-2-4-6-12/h2-6,17H,7-11H2,1H3,(H,15,18). The third-order valence-electron chi connectivity index (χ3n) is 2.66. The van der Waals surface area contributed by atoms with Crippen molar-refractivity contribution >= 4 is 11.8 Å². The lowest BCUT2D eigenvalue weighted by Gasteiger charge is -2.21. The van der Waals surface area contributed by atoms with E-state index < -0.39 is 11.8 Å². The summed E-state index contributed by atoms with van der Waals surface area (Å²) in [5.41, 5.74) is 0.902. The number of carbonyl (C=O) groups is 2. The normalized spacial score (nSPS) is 10.1. The zero-order valence-corrected chi connectivity index (χ0v) is 11.5. The lowest BCUT2D eigenvalue weighted by Crippen LogP contribution is -2.44. The van der Waals surface area contributed by atoms with Crippen molar-refractivity contribution in [3.8, 4) is 0 Å². The molecule has 0 fully saturated rings. The van der Waals surface area contributed by atoms with Gasteiger partial charge in [0, 0.05) is 26.7 Å². The molecule has 1 aromatic carbocycles. The first-order valence-electron chi connectivity index (χ1n) is 6.40. The highest BCUT2D eigenvalue weighted by Gasteiger charge is 2.21. The molecule has 0 aromatic heterocycles.